The van der Waals surface area contributed by atoms with Gasteiger partial charge in [-0.1, -0.05) is 17.7 Å². The van der Waals surface area contributed by atoms with Gasteiger partial charge in [0, 0.05) is 24.2 Å². The molecule has 0 fully saturated rings. The number of rotatable bonds is 2. The fourth-order valence-corrected chi connectivity index (χ4v) is 3.74. The van der Waals surface area contributed by atoms with Crippen LogP contribution in [0.1, 0.15) is 39.0 Å². The Labute approximate surface area is 141 Å². The summed E-state index contributed by atoms with van der Waals surface area (Å²) in [6.45, 7) is 4.78. The molecule has 24 heavy (non-hydrogen) atoms. The lowest BCUT2D eigenvalue weighted by Crippen LogP contribution is -2.33. The van der Waals surface area contributed by atoms with Crippen molar-refractivity contribution in [3.05, 3.63) is 58.1 Å². The molecule has 4 rings (SSSR count). The van der Waals surface area contributed by atoms with Gasteiger partial charge in [-0.25, -0.2) is 0 Å². The zero-order chi connectivity index (χ0) is 16.8. The average molecular weight is 320 g/mol. The molecule has 2 aromatic carbocycles. The molecule has 0 radical (unpaired) electrons. The molecule has 0 aliphatic carbocycles. The minimum absolute atomic E-state index is 0.0867. The van der Waals surface area contributed by atoms with Crippen LogP contribution in [0.3, 0.4) is 0 Å². The lowest BCUT2D eigenvalue weighted by Gasteiger charge is -2.25. The molecule has 0 unspecified atom stereocenters. The number of anilines is 2. The fourth-order valence-electron chi connectivity index (χ4n) is 3.74. The fraction of sp³-hybridized carbons (Fsp3) is 0.300. The lowest BCUT2D eigenvalue weighted by molar-refractivity contribution is -0.118. The molecule has 2 aromatic rings. The first-order valence-corrected chi connectivity index (χ1v) is 8.38. The van der Waals surface area contributed by atoms with Crippen molar-refractivity contribution in [2.75, 3.05) is 16.8 Å². The molecule has 2 amide bonds. The molecule has 122 valence electrons. The number of hydrogen-bond donors (Lipinski definition) is 1. The number of aryl methyl sites for hydroxylation is 3. The zero-order valence-electron chi connectivity index (χ0n) is 14.0. The van der Waals surface area contributed by atoms with Gasteiger partial charge in [-0.05, 0) is 61.6 Å². The quantitative estimate of drug-likeness (QED) is 0.922. The molecule has 0 atom stereocenters. The largest absolute Gasteiger partial charge is 0.322 e. The van der Waals surface area contributed by atoms with Crippen molar-refractivity contribution in [2.24, 2.45) is 0 Å². The molecular formula is C20H20N2O2. The Balaban J connectivity index is 1.66. The van der Waals surface area contributed by atoms with Gasteiger partial charge in [0.1, 0.15) is 0 Å². The Kier molecular flexibility index (Phi) is 3.41. The number of benzene rings is 2. The molecule has 1 N–H and O–H groups in total. The second kappa shape index (κ2) is 5.48. The maximum atomic E-state index is 12.7. The average Bonchev–Trinajstić information content (AvgIpc) is 2.99. The van der Waals surface area contributed by atoms with E-state index in [-0.39, 0.29) is 11.8 Å². The Morgan fingerprint density at radius 1 is 1.04 bits per heavy atom. The van der Waals surface area contributed by atoms with Crippen LogP contribution in [-0.2, 0) is 17.6 Å². The highest BCUT2D eigenvalue weighted by Crippen LogP contribution is 2.37. The Hall–Kier alpha value is -2.62. The number of nitrogens with one attached hydrogen (secondary N) is 1. The third kappa shape index (κ3) is 2.39. The van der Waals surface area contributed by atoms with E-state index in [9.17, 15) is 9.59 Å². The van der Waals surface area contributed by atoms with E-state index in [2.05, 4.69) is 11.4 Å². The van der Waals surface area contributed by atoms with E-state index in [0.717, 1.165) is 47.5 Å². The van der Waals surface area contributed by atoms with Crippen LogP contribution < -0.4 is 10.2 Å². The minimum Gasteiger partial charge on any atom is -0.322 e. The van der Waals surface area contributed by atoms with Crippen molar-refractivity contribution in [3.63, 3.8) is 0 Å². The van der Waals surface area contributed by atoms with Crippen molar-refractivity contribution in [1.29, 1.82) is 0 Å². The SMILES string of the molecule is Cc1ccc(NC(=O)c2cc3c4c(c2)CCN4C(=O)CC3)c(C)c1. The standard InChI is InChI=1S/C20H20N2O2/c1-12-3-5-17(13(2)9-12)21-20(24)16-10-14-4-6-18(23)22-8-7-15(11-16)19(14)22/h3,5,9-11H,4,6-8H2,1-2H3,(H,21,24). The summed E-state index contributed by atoms with van der Waals surface area (Å²) in [7, 11) is 0. The topological polar surface area (TPSA) is 49.4 Å². The van der Waals surface area contributed by atoms with Gasteiger partial charge in [0.25, 0.3) is 5.91 Å². The second-order valence-electron chi connectivity index (χ2n) is 6.71. The number of carbonyl (C=O) groups is 2. The summed E-state index contributed by atoms with van der Waals surface area (Å²) >= 11 is 0. The summed E-state index contributed by atoms with van der Waals surface area (Å²) in [5.74, 6) is 0.116. The molecule has 2 heterocycles. The van der Waals surface area contributed by atoms with Crippen molar-refractivity contribution in [3.8, 4) is 0 Å². The summed E-state index contributed by atoms with van der Waals surface area (Å²) in [4.78, 5) is 26.6. The molecule has 0 saturated heterocycles. The van der Waals surface area contributed by atoms with Gasteiger partial charge in [0.15, 0.2) is 0 Å². The minimum atomic E-state index is -0.0867. The maximum absolute atomic E-state index is 12.7. The predicted molar refractivity (Wildman–Crippen MR) is 94.7 cm³/mol. The van der Waals surface area contributed by atoms with Crippen LogP contribution in [0.15, 0.2) is 30.3 Å². The van der Waals surface area contributed by atoms with E-state index in [1.165, 1.54) is 5.56 Å². The van der Waals surface area contributed by atoms with Gasteiger partial charge in [-0.2, -0.15) is 0 Å². The van der Waals surface area contributed by atoms with Gasteiger partial charge >= 0.3 is 0 Å². The predicted octanol–water partition coefficient (Wildman–Crippen LogP) is 3.39. The molecule has 2 aliphatic heterocycles. The van der Waals surface area contributed by atoms with Gasteiger partial charge < -0.3 is 10.2 Å². The second-order valence-corrected chi connectivity index (χ2v) is 6.71. The third-order valence-electron chi connectivity index (χ3n) is 4.94. The molecule has 0 spiro atoms. The van der Waals surface area contributed by atoms with Gasteiger partial charge in [-0.15, -0.1) is 0 Å². The number of carbonyl (C=O) groups excluding carboxylic acids is 2. The summed E-state index contributed by atoms with van der Waals surface area (Å²) < 4.78 is 0. The highest BCUT2D eigenvalue weighted by Gasteiger charge is 2.32. The molecular weight excluding hydrogens is 300 g/mol. The van der Waals surface area contributed by atoms with E-state index in [1.807, 2.05) is 43.0 Å². The highest BCUT2D eigenvalue weighted by molar-refractivity contribution is 6.06. The van der Waals surface area contributed by atoms with Gasteiger partial charge in [0.2, 0.25) is 5.91 Å². The van der Waals surface area contributed by atoms with Crippen LogP contribution in [0.2, 0.25) is 0 Å². The van der Waals surface area contributed by atoms with Crippen LogP contribution in [0, 0.1) is 13.8 Å². The summed E-state index contributed by atoms with van der Waals surface area (Å²) in [5, 5.41) is 3.01. The Morgan fingerprint density at radius 3 is 2.54 bits per heavy atom. The van der Waals surface area contributed by atoms with Crippen LogP contribution in [-0.4, -0.2) is 18.4 Å². The Bertz CT molecular complexity index is 870. The van der Waals surface area contributed by atoms with E-state index < -0.39 is 0 Å². The Morgan fingerprint density at radius 2 is 1.79 bits per heavy atom. The molecule has 0 saturated carbocycles. The van der Waals surface area contributed by atoms with Crippen LogP contribution in [0.25, 0.3) is 0 Å². The number of nitrogens with zero attached hydrogens (tertiary/aromatic N) is 1. The highest BCUT2D eigenvalue weighted by atomic mass is 16.2. The maximum Gasteiger partial charge on any atom is 0.255 e. The first-order chi connectivity index (χ1) is 11.5. The molecule has 2 aliphatic rings. The van der Waals surface area contributed by atoms with Crippen LogP contribution in [0.4, 0.5) is 11.4 Å². The molecule has 0 aromatic heterocycles. The number of hydrogen-bond acceptors (Lipinski definition) is 2. The first-order valence-electron chi connectivity index (χ1n) is 8.38. The van der Waals surface area contributed by atoms with Crippen molar-refractivity contribution >= 4 is 23.2 Å². The summed E-state index contributed by atoms with van der Waals surface area (Å²) in [5.41, 5.74) is 7.05. The molecule has 0 bridgehead atoms. The molecule has 4 heteroatoms. The van der Waals surface area contributed by atoms with E-state index in [1.54, 1.807) is 0 Å². The van der Waals surface area contributed by atoms with Crippen molar-refractivity contribution < 1.29 is 9.59 Å². The van der Waals surface area contributed by atoms with Crippen molar-refractivity contribution in [2.45, 2.75) is 33.1 Å². The smallest absolute Gasteiger partial charge is 0.255 e. The zero-order valence-corrected chi connectivity index (χ0v) is 14.0. The normalized spacial score (nSPS) is 15.4. The van der Waals surface area contributed by atoms with Crippen LogP contribution in [0.5, 0.6) is 0 Å². The monoisotopic (exact) mass is 320 g/mol. The third-order valence-corrected chi connectivity index (χ3v) is 4.94. The number of amides is 2. The lowest BCUT2D eigenvalue weighted by atomic mass is 9.96. The summed E-state index contributed by atoms with van der Waals surface area (Å²) in [6.07, 6.45) is 2.09. The van der Waals surface area contributed by atoms with E-state index in [4.69, 9.17) is 0 Å². The molecule has 4 nitrogen and oxygen atoms in total. The van der Waals surface area contributed by atoms with E-state index >= 15 is 0 Å². The van der Waals surface area contributed by atoms with Gasteiger partial charge in [-0.3, -0.25) is 9.59 Å². The van der Waals surface area contributed by atoms with Crippen molar-refractivity contribution in [1.82, 2.24) is 0 Å². The van der Waals surface area contributed by atoms with E-state index in [0.29, 0.717) is 12.0 Å². The van der Waals surface area contributed by atoms with Gasteiger partial charge in [0.05, 0.1) is 5.69 Å². The summed E-state index contributed by atoms with van der Waals surface area (Å²) in [6, 6.07) is 9.89. The first kappa shape index (κ1) is 14.9. The van der Waals surface area contributed by atoms with Crippen LogP contribution >= 0.6 is 0 Å².